The van der Waals surface area contributed by atoms with E-state index in [1.54, 1.807) is 4.68 Å². The highest BCUT2D eigenvalue weighted by molar-refractivity contribution is 5.92. The normalized spacial score (nSPS) is 15.1. The maximum Gasteiger partial charge on any atom is 0.272 e. The zero-order valence-corrected chi connectivity index (χ0v) is 18.5. The second-order valence-corrected chi connectivity index (χ2v) is 7.91. The molecule has 0 aromatic carbocycles. The summed E-state index contributed by atoms with van der Waals surface area (Å²) in [5.41, 5.74) is 4.07. The van der Waals surface area contributed by atoms with Gasteiger partial charge in [-0.2, -0.15) is 10.2 Å². The van der Waals surface area contributed by atoms with E-state index in [0.29, 0.717) is 11.6 Å². The Hall–Kier alpha value is -1.86. The summed E-state index contributed by atoms with van der Waals surface area (Å²) in [6.45, 7) is 13.6. The third-order valence-electron chi connectivity index (χ3n) is 5.19. The number of piperazine rings is 1. The highest BCUT2D eigenvalue weighted by atomic mass is 35.5. The van der Waals surface area contributed by atoms with Crippen molar-refractivity contribution in [1.29, 1.82) is 0 Å². The van der Waals surface area contributed by atoms with Gasteiger partial charge in [-0.15, -0.1) is 12.4 Å². The van der Waals surface area contributed by atoms with Gasteiger partial charge in [0, 0.05) is 58.1 Å². The van der Waals surface area contributed by atoms with Crippen LogP contribution in [-0.4, -0.2) is 61.4 Å². The molecule has 2 aromatic heterocycles. The minimum absolute atomic E-state index is 0. The topological polar surface area (TPSA) is 59.2 Å². The van der Waals surface area contributed by atoms with Crippen LogP contribution in [0, 0.1) is 12.8 Å². The molecule has 7 nitrogen and oxygen atoms in total. The van der Waals surface area contributed by atoms with Gasteiger partial charge in [0.2, 0.25) is 0 Å². The van der Waals surface area contributed by atoms with E-state index in [9.17, 15) is 4.79 Å². The van der Waals surface area contributed by atoms with Gasteiger partial charge in [-0.1, -0.05) is 13.8 Å². The predicted octanol–water partition coefficient (Wildman–Crippen LogP) is 2.52. The Bertz CT molecular complexity index is 789. The summed E-state index contributed by atoms with van der Waals surface area (Å²) in [5, 5.41) is 9.03. The van der Waals surface area contributed by atoms with Gasteiger partial charge in [-0.3, -0.25) is 19.1 Å². The molecule has 0 spiro atoms. The fraction of sp³-hybridized carbons (Fsp3) is 0.650. The van der Waals surface area contributed by atoms with Gasteiger partial charge < -0.3 is 4.90 Å². The Morgan fingerprint density at radius 2 is 1.86 bits per heavy atom. The molecule has 1 saturated heterocycles. The first-order valence-corrected chi connectivity index (χ1v) is 9.94. The lowest BCUT2D eigenvalue weighted by molar-refractivity contribution is 0.0617. The lowest BCUT2D eigenvalue weighted by Gasteiger charge is -2.34. The fourth-order valence-corrected chi connectivity index (χ4v) is 3.63. The van der Waals surface area contributed by atoms with Crippen LogP contribution in [0.2, 0.25) is 0 Å². The molecular weight excluding hydrogens is 376 g/mol. The molecular formula is C20H33ClN6O. The first kappa shape index (κ1) is 22.4. The van der Waals surface area contributed by atoms with E-state index >= 15 is 0 Å². The largest absolute Gasteiger partial charge is 0.335 e. The monoisotopic (exact) mass is 408 g/mol. The molecule has 8 heteroatoms. The summed E-state index contributed by atoms with van der Waals surface area (Å²) >= 11 is 0. The van der Waals surface area contributed by atoms with Crippen LogP contribution in [-0.2, 0) is 26.6 Å². The number of nitrogens with zero attached hydrogens (tertiary/aromatic N) is 6. The van der Waals surface area contributed by atoms with Gasteiger partial charge in [-0.05, 0) is 32.3 Å². The molecule has 2 aromatic rings. The Morgan fingerprint density at radius 1 is 1.18 bits per heavy atom. The predicted molar refractivity (Wildman–Crippen MR) is 113 cm³/mol. The number of aryl methyl sites for hydroxylation is 3. The quantitative estimate of drug-likeness (QED) is 0.736. The molecule has 28 heavy (non-hydrogen) atoms. The number of hydrogen-bond acceptors (Lipinski definition) is 4. The van der Waals surface area contributed by atoms with E-state index in [-0.39, 0.29) is 18.3 Å². The second-order valence-electron chi connectivity index (χ2n) is 7.91. The van der Waals surface area contributed by atoms with Crippen LogP contribution < -0.4 is 0 Å². The minimum atomic E-state index is 0. The van der Waals surface area contributed by atoms with Crippen LogP contribution in [0.4, 0.5) is 0 Å². The van der Waals surface area contributed by atoms with Crippen molar-refractivity contribution < 1.29 is 4.79 Å². The maximum atomic E-state index is 12.9. The molecule has 1 aliphatic rings. The summed E-state index contributed by atoms with van der Waals surface area (Å²) < 4.78 is 3.72. The van der Waals surface area contributed by atoms with Gasteiger partial charge in [0.1, 0.15) is 5.69 Å². The number of hydrogen-bond donors (Lipinski definition) is 0. The highest BCUT2D eigenvalue weighted by Gasteiger charge is 2.25. The summed E-state index contributed by atoms with van der Waals surface area (Å²) in [5.74, 6) is 0.626. The van der Waals surface area contributed by atoms with Crippen molar-refractivity contribution in [2.24, 2.45) is 13.0 Å². The molecule has 0 aliphatic carbocycles. The van der Waals surface area contributed by atoms with E-state index in [2.05, 4.69) is 49.0 Å². The van der Waals surface area contributed by atoms with Gasteiger partial charge in [-0.25, -0.2) is 0 Å². The second kappa shape index (κ2) is 9.56. The molecule has 1 aliphatic heterocycles. The lowest BCUT2D eigenvalue weighted by Crippen LogP contribution is -2.48. The van der Waals surface area contributed by atoms with E-state index in [4.69, 9.17) is 0 Å². The molecule has 0 saturated carbocycles. The maximum absolute atomic E-state index is 12.9. The van der Waals surface area contributed by atoms with E-state index in [1.165, 1.54) is 5.56 Å². The number of amides is 1. The molecule has 0 N–H and O–H groups in total. The standard InChI is InChI=1S/C20H32N6O.ClH/c1-6-26-14-17(16(4)21-26)13-24-7-9-25(10-8-24)20(27)19-12-18(11-15(2)3)22-23(19)5;/h12,14-15H,6-11,13H2,1-5H3;1H. The molecule has 3 rings (SSSR count). The summed E-state index contributed by atoms with van der Waals surface area (Å²) in [6, 6.07) is 1.96. The van der Waals surface area contributed by atoms with Crippen molar-refractivity contribution in [3.63, 3.8) is 0 Å². The Morgan fingerprint density at radius 3 is 2.43 bits per heavy atom. The number of carbonyl (C=O) groups is 1. The summed E-state index contributed by atoms with van der Waals surface area (Å²) in [6.07, 6.45) is 3.04. The van der Waals surface area contributed by atoms with Gasteiger partial charge in [0.25, 0.3) is 5.91 Å². The number of carbonyl (C=O) groups excluding carboxylic acids is 1. The molecule has 156 valence electrons. The van der Waals surface area contributed by atoms with Crippen LogP contribution in [0.5, 0.6) is 0 Å². The van der Waals surface area contributed by atoms with Crippen LogP contribution in [0.15, 0.2) is 12.3 Å². The van der Waals surface area contributed by atoms with Crippen molar-refractivity contribution in [3.8, 4) is 0 Å². The smallest absolute Gasteiger partial charge is 0.272 e. The molecule has 0 atom stereocenters. The average molecular weight is 409 g/mol. The third kappa shape index (κ3) is 5.14. The van der Waals surface area contributed by atoms with E-state index < -0.39 is 0 Å². The van der Waals surface area contributed by atoms with Crippen LogP contribution in [0.1, 0.15) is 48.2 Å². The first-order valence-electron chi connectivity index (χ1n) is 9.94. The van der Waals surface area contributed by atoms with E-state index in [0.717, 1.165) is 57.1 Å². The fourth-order valence-electron chi connectivity index (χ4n) is 3.63. The molecule has 0 bridgehead atoms. The van der Waals surface area contributed by atoms with Crippen LogP contribution >= 0.6 is 12.4 Å². The SMILES string of the molecule is CCn1cc(CN2CCN(C(=O)c3cc(CC(C)C)nn3C)CC2)c(C)n1.Cl. The van der Waals surface area contributed by atoms with Crippen LogP contribution in [0.25, 0.3) is 0 Å². The van der Waals surface area contributed by atoms with Gasteiger partial charge in [0.15, 0.2) is 0 Å². The third-order valence-corrected chi connectivity index (χ3v) is 5.19. The van der Waals surface area contributed by atoms with Crippen molar-refractivity contribution >= 4 is 18.3 Å². The Kier molecular flexibility index (Phi) is 7.66. The summed E-state index contributed by atoms with van der Waals surface area (Å²) in [7, 11) is 1.86. The zero-order valence-electron chi connectivity index (χ0n) is 17.7. The number of halogens is 1. The minimum Gasteiger partial charge on any atom is -0.335 e. The van der Waals surface area contributed by atoms with Crippen molar-refractivity contribution in [3.05, 3.63) is 34.9 Å². The highest BCUT2D eigenvalue weighted by Crippen LogP contribution is 2.15. The van der Waals surface area contributed by atoms with Gasteiger partial charge in [0.05, 0.1) is 11.4 Å². The van der Waals surface area contributed by atoms with Crippen LogP contribution in [0.3, 0.4) is 0 Å². The molecule has 3 heterocycles. The van der Waals surface area contributed by atoms with Crippen molar-refractivity contribution in [1.82, 2.24) is 29.4 Å². The molecule has 0 radical (unpaired) electrons. The number of aromatic nitrogens is 4. The van der Waals surface area contributed by atoms with Crippen molar-refractivity contribution in [2.75, 3.05) is 26.2 Å². The van der Waals surface area contributed by atoms with Gasteiger partial charge >= 0.3 is 0 Å². The summed E-state index contributed by atoms with van der Waals surface area (Å²) in [4.78, 5) is 17.3. The molecule has 0 unspecified atom stereocenters. The molecule has 1 amide bonds. The average Bonchev–Trinajstić information content (AvgIpc) is 3.16. The van der Waals surface area contributed by atoms with E-state index in [1.807, 2.05) is 22.7 Å². The first-order chi connectivity index (χ1) is 12.9. The Balaban J connectivity index is 0.00000280. The Labute approximate surface area is 174 Å². The lowest BCUT2D eigenvalue weighted by atomic mass is 10.1. The number of rotatable bonds is 6. The molecule has 1 fully saturated rings. The zero-order chi connectivity index (χ0) is 19.6. The van der Waals surface area contributed by atoms with Crippen molar-refractivity contribution in [2.45, 2.75) is 47.2 Å².